The fourth-order valence-electron chi connectivity index (χ4n) is 3.88. The topological polar surface area (TPSA) is 184 Å². The fourth-order valence-corrected chi connectivity index (χ4v) is 3.88. The zero-order chi connectivity index (χ0) is 27.7. The molecule has 1 heterocycles. The number of carboxylic acids is 1. The second kappa shape index (κ2) is 12.9. The van der Waals surface area contributed by atoms with Crippen LogP contribution in [0, 0.1) is 0 Å². The van der Waals surface area contributed by atoms with Crippen LogP contribution in [0.25, 0.3) is 0 Å². The highest BCUT2D eigenvalue weighted by atomic mass is 16.5. The lowest BCUT2D eigenvalue weighted by Gasteiger charge is -2.26. The number of amides is 5. The maximum Gasteiger partial charge on any atom is 0.333 e. The largest absolute Gasteiger partial charge is 0.480 e. The maximum absolute atomic E-state index is 13.0. The van der Waals surface area contributed by atoms with Crippen LogP contribution < -0.4 is 16.5 Å². The van der Waals surface area contributed by atoms with E-state index in [1.807, 2.05) is 0 Å². The van der Waals surface area contributed by atoms with Crippen molar-refractivity contribution in [1.29, 1.82) is 0 Å². The van der Waals surface area contributed by atoms with Crippen molar-refractivity contribution in [3.63, 3.8) is 0 Å². The molecule has 1 aliphatic heterocycles. The molecule has 2 atom stereocenters. The second-order valence-electron chi connectivity index (χ2n) is 8.35. The number of benzene rings is 2. The number of rotatable bonds is 11. The summed E-state index contributed by atoms with van der Waals surface area (Å²) >= 11 is 0. The van der Waals surface area contributed by atoms with Crippen molar-refractivity contribution < 1.29 is 33.8 Å². The maximum atomic E-state index is 13.0. The molecule has 1 saturated heterocycles. The molecule has 0 saturated carbocycles. The van der Waals surface area contributed by atoms with Crippen LogP contribution in [0.5, 0.6) is 0 Å². The van der Waals surface area contributed by atoms with Gasteiger partial charge in [0.2, 0.25) is 0 Å². The summed E-state index contributed by atoms with van der Waals surface area (Å²) in [7, 11) is 1.16. The Bertz CT molecular complexity index is 1200. The number of hydrogen-bond acceptors (Lipinski definition) is 8. The van der Waals surface area contributed by atoms with Crippen molar-refractivity contribution in [2.45, 2.75) is 18.5 Å². The molecule has 13 heteroatoms. The molecule has 0 aromatic heterocycles. The molecule has 0 radical (unpaired) electrons. The first kappa shape index (κ1) is 27.6. The van der Waals surface area contributed by atoms with Gasteiger partial charge in [-0.05, 0) is 16.7 Å². The van der Waals surface area contributed by atoms with Crippen LogP contribution >= 0.6 is 0 Å². The van der Waals surface area contributed by atoms with Crippen LogP contribution in [-0.2, 0) is 25.5 Å². The minimum absolute atomic E-state index is 0.234. The molecular weight excluding hydrogens is 496 g/mol. The van der Waals surface area contributed by atoms with E-state index in [4.69, 9.17) is 10.6 Å². The van der Waals surface area contributed by atoms with Gasteiger partial charge in [-0.1, -0.05) is 54.6 Å². The molecule has 2 aromatic rings. The van der Waals surface area contributed by atoms with E-state index in [0.29, 0.717) is 5.56 Å². The van der Waals surface area contributed by atoms with E-state index in [1.165, 1.54) is 6.21 Å². The minimum Gasteiger partial charge on any atom is -0.480 e. The summed E-state index contributed by atoms with van der Waals surface area (Å²) in [4.78, 5) is 63.9. The molecule has 5 amide bonds. The molecule has 13 nitrogen and oxygen atoms in total. The van der Waals surface area contributed by atoms with Crippen molar-refractivity contribution >= 4 is 36.1 Å². The number of nitrogens with two attached hydrogens (primary N) is 1. The highest BCUT2D eigenvalue weighted by Crippen LogP contribution is 2.16. The zero-order valence-corrected chi connectivity index (χ0v) is 20.6. The van der Waals surface area contributed by atoms with Crippen molar-refractivity contribution in [3.8, 4) is 0 Å². The van der Waals surface area contributed by atoms with E-state index in [-0.39, 0.29) is 19.5 Å². The van der Waals surface area contributed by atoms with Gasteiger partial charge in [-0.2, -0.15) is 5.10 Å². The third-order valence-corrected chi connectivity index (χ3v) is 5.79. The number of methoxy groups -OCH3 is 1. The summed E-state index contributed by atoms with van der Waals surface area (Å²) in [6, 6.07) is 11.8. The predicted octanol–water partition coefficient (Wildman–Crippen LogP) is 0.453. The Morgan fingerprint density at radius 1 is 1.18 bits per heavy atom. The van der Waals surface area contributed by atoms with Crippen LogP contribution in [0.1, 0.15) is 22.7 Å². The molecule has 0 bridgehead atoms. The number of carbonyl (C=O) groups is 5. The molecule has 38 heavy (non-hydrogen) atoms. The molecule has 0 spiro atoms. The van der Waals surface area contributed by atoms with Crippen molar-refractivity contribution in [1.82, 2.24) is 20.4 Å². The summed E-state index contributed by atoms with van der Waals surface area (Å²) in [5, 5.41) is 17.8. The van der Waals surface area contributed by atoms with Crippen molar-refractivity contribution in [3.05, 3.63) is 71.3 Å². The summed E-state index contributed by atoms with van der Waals surface area (Å²) < 4.78 is 4.77. The average Bonchev–Trinajstić information content (AvgIpc) is 3.17. The Morgan fingerprint density at radius 2 is 1.87 bits per heavy atom. The third-order valence-electron chi connectivity index (χ3n) is 5.79. The van der Waals surface area contributed by atoms with Gasteiger partial charge in [0.1, 0.15) is 12.6 Å². The Hall–Kier alpha value is -4.94. The molecule has 5 N–H and O–H groups in total. The van der Waals surface area contributed by atoms with Gasteiger partial charge in [0.25, 0.3) is 5.91 Å². The van der Waals surface area contributed by atoms with Gasteiger partial charge in [0.15, 0.2) is 6.04 Å². The van der Waals surface area contributed by atoms with Gasteiger partial charge < -0.3 is 31.2 Å². The number of urea groups is 2. The monoisotopic (exact) mass is 524 g/mol. The number of aliphatic carboxylic acids is 1. The number of nitrogens with zero attached hydrogens (tertiary/aromatic N) is 3. The lowest BCUT2D eigenvalue weighted by atomic mass is 10.0. The molecule has 200 valence electrons. The van der Waals surface area contributed by atoms with E-state index in [9.17, 15) is 29.1 Å². The number of carboxylic acid groups (broad SMARTS) is 1. The smallest absolute Gasteiger partial charge is 0.333 e. The quantitative estimate of drug-likeness (QED) is 0.107. The minimum atomic E-state index is -1.31. The van der Waals surface area contributed by atoms with Crippen LogP contribution in [0.3, 0.4) is 0 Å². The number of ether oxygens (including phenoxy) is 1. The number of esters is 1. The predicted molar refractivity (Wildman–Crippen MR) is 135 cm³/mol. The molecule has 2 aromatic carbocycles. The Kier molecular flexibility index (Phi) is 9.35. The molecule has 1 fully saturated rings. The number of hydrazone groups is 1. The summed E-state index contributed by atoms with van der Waals surface area (Å²) in [5.41, 5.74) is 2.00. The molecule has 0 aliphatic carbocycles. The number of hydrogen-bond donors (Lipinski definition) is 4. The third kappa shape index (κ3) is 7.06. The molecule has 1 aliphatic rings. The Morgan fingerprint density at radius 3 is 2.47 bits per heavy atom. The lowest BCUT2D eigenvalue weighted by molar-refractivity contribution is -0.143. The molecule has 2 unspecified atom stereocenters. The highest BCUT2D eigenvalue weighted by molar-refractivity contribution is 6.04. The highest BCUT2D eigenvalue weighted by Gasteiger charge is 2.38. The number of imide groups is 1. The van der Waals surface area contributed by atoms with E-state index in [2.05, 4.69) is 15.7 Å². The lowest BCUT2D eigenvalue weighted by Crippen LogP contribution is -2.49. The van der Waals surface area contributed by atoms with Gasteiger partial charge in [-0.3, -0.25) is 14.5 Å². The number of nitrogens with one attached hydrogen (secondary N) is 2. The van der Waals surface area contributed by atoms with Gasteiger partial charge >= 0.3 is 24.0 Å². The first-order valence-electron chi connectivity index (χ1n) is 11.6. The fraction of sp³-hybridized carbons (Fsp3) is 0.280. The molecular formula is C25H28N6O7. The first-order valence-corrected chi connectivity index (χ1v) is 11.6. The van der Waals surface area contributed by atoms with Crippen LogP contribution in [0.15, 0.2) is 59.7 Å². The van der Waals surface area contributed by atoms with Crippen molar-refractivity contribution in [2.24, 2.45) is 10.9 Å². The summed E-state index contributed by atoms with van der Waals surface area (Å²) in [5.74, 6) is 2.57. The van der Waals surface area contributed by atoms with E-state index in [1.54, 1.807) is 54.6 Å². The Balaban J connectivity index is 1.66. The zero-order valence-electron chi connectivity index (χ0n) is 20.6. The van der Waals surface area contributed by atoms with Crippen LogP contribution in [0.4, 0.5) is 9.59 Å². The van der Waals surface area contributed by atoms with Crippen LogP contribution in [0.2, 0.25) is 0 Å². The van der Waals surface area contributed by atoms with E-state index >= 15 is 0 Å². The summed E-state index contributed by atoms with van der Waals surface area (Å²) in [6.45, 7) is -1.25. The van der Waals surface area contributed by atoms with E-state index in [0.717, 1.165) is 28.0 Å². The molecule has 3 rings (SSSR count). The number of carbonyl (C=O) groups excluding carboxylic acids is 4. The average molecular weight is 525 g/mol. The second-order valence-corrected chi connectivity index (χ2v) is 8.35. The van der Waals surface area contributed by atoms with E-state index < -0.39 is 48.5 Å². The Labute approximate surface area is 218 Å². The standard InChI is InChI=1S/C25H28N6O7/c1-38-23(35)21(18-5-3-2-4-6-18)29-24(36)30(15-20(32)33)11-12-31-22(34)19(28-25(31)37)13-16-7-9-17(10-8-16)14-27-26/h2-10,14,19,21H,11-13,15,26H2,1H3,(H,28,37)(H,29,36)(H,32,33). The normalized spacial score (nSPS) is 15.7. The van der Waals surface area contributed by atoms with Gasteiger partial charge in [0, 0.05) is 19.5 Å². The summed E-state index contributed by atoms with van der Waals surface area (Å²) in [6.07, 6.45) is 1.71. The van der Waals surface area contributed by atoms with Gasteiger partial charge in [0.05, 0.1) is 13.3 Å². The van der Waals surface area contributed by atoms with Crippen LogP contribution in [-0.4, -0.2) is 83.8 Å². The van der Waals surface area contributed by atoms with Gasteiger partial charge in [-0.25, -0.2) is 14.4 Å². The SMILES string of the molecule is COC(=O)C(NC(=O)N(CCN1C(=O)NC(Cc2ccc(C=NN)cc2)C1=O)CC(=O)O)c1ccccc1. The first-order chi connectivity index (χ1) is 18.2. The van der Waals surface area contributed by atoms with Crippen molar-refractivity contribution in [2.75, 3.05) is 26.7 Å². The van der Waals surface area contributed by atoms with Gasteiger partial charge in [-0.15, -0.1) is 0 Å².